The molecule has 114 valence electrons. The summed E-state index contributed by atoms with van der Waals surface area (Å²) in [5.74, 6) is 0.493. The molecular formula is C15H21N3O3. The third kappa shape index (κ3) is 3.58. The number of hydrogen-bond acceptors (Lipinski definition) is 4. The Balaban J connectivity index is 2.07. The van der Waals surface area contributed by atoms with Crippen LogP contribution in [0.4, 0.5) is 5.69 Å². The van der Waals surface area contributed by atoms with Crippen molar-refractivity contribution in [2.75, 3.05) is 26.7 Å². The molecule has 1 fully saturated rings. The van der Waals surface area contributed by atoms with Gasteiger partial charge in [-0.1, -0.05) is 6.07 Å². The van der Waals surface area contributed by atoms with Crippen LogP contribution in [0.2, 0.25) is 0 Å². The molecule has 1 aliphatic heterocycles. The Morgan fingerprint density at radius 3 is 2.67 bits per heavy atom. The number of carbonyl (C=O) groups is 1. The lowest BCUT2D eigenvalue weighted by molar-refractivity contribution is -0.385. The Labute approximate surface area is 124 Å². The monoisotopic (exact) mass is 291 g/mol. The summed E-state index contributed by atoms with van der Waals surface area (Å²) < 4.78 is 0. The lowest BCUT2D eigenvalue weighted by Gasteiger charge is -2.32. The van der Waals surface area contributed by atoms with Crippen molar-refractivity contribution in [3.63, 3.8) is 0 Å². The van der Waals surface area contributed by atoms with Gasteiger partial charge in [0.1, 0.15) is 0 Å². The van der Waals surface area contributed by atoms with Crippen LogP contribution in [-0.4, -0.2) is 42.4 Å². The first kappa shape index (κ1) is 15.4. The second-order valence-corrected chi connectivity index (χ2v) is 5.55. The molecule has 0 saturated carbocycles. The number of nitrogens with one attached hydrogen (secondary N) is 1. The van der Waals surface area contributed by atoms with Crippen LogP contribution in [0.25, 0.3) is 0 Å². The van der Waals surface area contributed by atoms with E-state index in [2.05, 4.69) is 5.32 Å². The van der Waals surface area contributed by atoms with Crippen molar-refractivity contribution >= 4 is 11.6 Å². The summed E-state index contributed by atoms with van der Waals surface area (Å²) in [6, 6.07) is 4.70. The minimum absolute atomic E-state index is 0.00548. The van der Waals surface area contributed by atoms with Gasteiger partial charge in [-0.15, -0.1) is 0 Å². The van der Waals surface area contributed by atoms with Crippen molar-refractivity contribution in [1.82, 2.24) is 10.2 Å². The van der Waals surface area contributed by atoms with E-state index in [1.807, 2.05) is 7.05 Å². The van der Waals surface area contributed by atoms with Gasteiger partial charge in [-0.2, -0.15) is 0 Å². The van der Waals surface area contributed by atoms with Crippen LogP contribution in [0.3, 0.4) is 0 Å². The van der Waals surface area contributed by atoms with Gasteiger partial charge in [0.2, 0.25) is 0 Å². The summed E-state index contributed by atoms with van der Waals surface area (Å²) in [7, 11) is 1.93. The van der Waals surface area contributed by atoms with Gasteiger partial charge >= 0.3 is 0 Å². The number of rotatable bonds is 4. The average Bonchev–Trinajstić information content (AvgIpc) is 2.48. The second kappa shape index (κ2) is 6.67. The molecule has 1 aliphatic rings. The Morgan fingerprint density at radius 1 is 1.43 bits per heavy atom. The fraction of sp³-hybridized carbons (Fsp3) is 0.533. The minimum Gasteiger partial charge on any atom is -0.339 e. The number of aryl methyl sites for hydroxylation is 1. The van der Waals surface area contributed by atoms with Crippen LogP contribution < -0.4 is 5.32 Å². The molecule has 1 heterocycles. The number of piperidine rings is 1. The Hall–Kier alpha value is -1.95. The number of carbonyl (C=O) groups excluding carboxylic acids is 1. The first-order chi connectivity index (χ1) is 10.0. The average molecular weight is 291 g/mol. The van der Waals surface area contributed by atoms with Crippen LogP contribution in [-0.2, 0) is 0 Å². The predicted octanol–water partition coefficient (Wildman–Crippen LogP) is 1.97. The van der Waals surface area contributed by atoms with E-state index in [9.17, 15) is 14.9 Å². The largest absolute Gasteiger partial charge is 0.339 e. The molecule has 1 amide bonds. The van der Waals surface area contributed by atoms with E-state index in [0.29, 0.717) is 30.1 Å². The van der Waals surface area contributed by atoms with Crippen LogP contribution in [0.15, 0.2) is 18.2 Å². The summed E-state index contributed by atoms with van der Waals surface area (Å²) in [6.45, 7) is 4.08. The number of benzene rings is 1. The maximum absolute atomic E-state index is 12.4. The Kier molecular flexibility index (Phi) is 4.90. The highest BCUT2D eigenvalue weighted by Gasteiger charge is 2.24. The second-order valence-electron chi connectivity index (χ2n) is 5.55. The van der Waals surface area contributed by atoms with Crippen molar-refractivity contribution < 1.29 is 9.72 Å². The van der Waals surface area contributed by atoms with Crippen LogP contribution in [0, 0.1) is 23.0 Å². The summed E-state index contributed by atoms with van der Waals surface area (Å²) in [6.07, 6.45) is 1.95. The topological polar surface area (TPSA) is 75.5 Å². The number of amides is 1. The minimum atomic E-state index is -0.439. The molecule has 1 saturated heterocycles. The number of nitro groups is 1. The van der Waals surface area contributed by atoms with Crippen molar-refractivity contribution in [2.24, 2.45) is 5.92 Å². The first-order valence-corrected chi connectivity index (χ1v) is 7.22. The number of likely N-dealkylation sites (tertiary alicyclic amines) is 1. The fourth-order valence-corrected chi connectivity index (χ4v) is 2.75. The van der Waals surface area contributed by atoms with Gasteiger partial charge in [0.05, 0.1) is 4.92 Å². The van der Waals surface area contributed by atoms with Crippen LogP contribution in [0.1, 0.15) is 28.8 Å². The lowest BCUT2D eigenvalue weighted by atomic mass is 9.96. The summed E-state index contributed by atoms with van der Waals surface area (Å²) >= 11 is 0. The van der Waals surface area contributed by atoms with Gasteiger partial charge in [-0.05, 0) is 45.3 Å². The highest BCUT2D eigenvalue weighted by atomic mass is 16.6. The van der Waals surface area contributed by atoms with E-state index in [1.54, 1.807) is 24.0 Å². The number of nitro benzene ring substituents is 1. The van der Waals surface area contributed by atoms with Crippen molar-refractivity contribution in [1.29, 1.82) is 0 Å². The highest BCUT2D eigenvalue weighted by Crippen LogP contribution is 2.22. The molecule has 0 bridgehead atoms. The molecule has 1 aromatic carbocycles. The first-order valence-electron chi connectivity index (χ1n) is 7.22. The highest BCUT2D eigenvalue weighted by molar-refractivity contribution is 5.95. The molecule has 21 heavy (non-hydrogen) atoms. The van der Waals surface area contributed by atoms with Gasteiger partial charge < -0.3 is 10.2 Å². The summed E-state index contributed by atoms with van der Waals surface area (Å²) in [5.41, 5.74) is 0.981. The standard InChI is InChI=1S/C15H21N3O3/c1-11-3-4-13(9-14(11)18(20)21)15(19)17-7-5-12(6-8-17)10-16-2/h3-4,9,12,16H,5-8,10H2,1-2H3. The normalized spacial score (nSPS) is 16.0. The zero-order valence-corrected chi connectivity index (χ0v) is 12.5. The molecule has 1 N–H and O–H groups in total. The van der Waals surface area contributed by atoms with E-state index in [0.717, 1.165) is 19.4 Å². The smallest absolute Gasteiger partial charge is 0.273 e. The van der Waals surface area contributed by atoms with Gasteiger partial charge in [0.25, 0.3) is 11.6 Å². The van der Waals surface area contributed by atoms with Gasteiger partial charge in [-0.25, -0.2) is 0 Å². The summed E-state index contributed by atoms with van der Waals surface area (Å²) in [4.78, 5) is 24.8. The molecule has 1 aromatic rings. The fourth-order valence-electron chi connectivity index (χ4n) is 2.75. The molecule has 0 aromatic heterocycles. The van der Waals surface area contributed by atoms with Gasteiger partial charge in [0, 0.05) is 30.3 Å². The third-order valence-electron chi connectivity index (χ3n) is 4.05. The maximum atomic E-state index is 12.4. The van der Waals surface area contributed by atoms with Gasteiger partial charge in [0.15, 0.2) is 0 Å². The zero-order chi connectivity index (χ0) is 15.4. The van der Waals surface area contributed by atoms with Crippen LogP contribution >= 0.6 is 0 Å². The summed E-state index contributed by atoms with van der Waals surface area (Å²) in [5, 5.41) is 14.1. The Morgan fingerprint density at radius 2 is 2.10 bits per heavy atom. The SMILES string of the molecule is CNCC1CCN(C(=O)c2ccc(C)c([N+](=O)[O-])c2)CC1. The van der Waals surface area contributed by atoms with Crippen molar-refractivity contribution in [3.05, 3.63) is 39.4 Å². The molecule has 0 unspecified atom stereocenters. The molecule has 0 spiro atoms. The van der Waals surface area contributed by atoms with E-state index in [4.69, 9.17) is 0 Å². The van der Waals surface area contributed by atoms with Crippen LogP contribution in [0.5, 0.6) is 0 Å². The molecule has 0 aliphatic carbocycles. The molecule has 2 rings (SSSR count). The molecule has 6 nitrogen and oxygen atoms in total. The number of hydrogen-bond donors (Lipinski definition) is 1. The van der Waals surface area contributed by atoms with Crippen molar-refractivity contribution in [2.45, 2.75) is 19.8 Å². The molecule has 0 atom stereocenters. The third-order valence-corrected chi connectivity index (χ3v) is 4.05. The Bertz CT molecular complexity index is 537. The van der Waals surface area contributed by atoms with E-state index in [-0.39, 0.29) is 11.6 Å². The van der Waals surface area contributed by atoms with E-state index in [1.165, 1.54) is 6.07 Å². The van der Waals surface area contributed by atoms with Crippen molar-refractivity contribution in [3.8, 4) is 0 Å². The van der Waals surface area contributed by atoms with Gasteiger partial charge in [-0.3, -0.25) is 14.9 Å². The molecule has 0 radical (unpaired) electrons. The zero-order valence-electron chi connectivity index (χ0n) is 12.5. The number of nitrogens with zero attached hydrogens (tertiary/aromatic N) is 2. The molecule has 6 heteroatoms. The lowest BCUT2D eigenvalue weighted by Crippen LogP contribution is -2.40. The van der Waals surface area contributed by atoms with E-state index < -0.39 is 4.92 Å². The predicted molar refractivity (Wildman–Crippen MR) is 80.4 cm³/mol. The van der Waals surface area contributed by atoms with E-state index >= 15 is 0 Å². The maximum Gasteiger partial charge on any atom is 0.273 e. The quantitative estimate of drug-likeness (QED) is 0.680. The molecular weight excluding hydrogens is 270 g/mol.